The summed E-state index contributed by atoms with van der Waals surface area (Å²) in [6.07, 6.45) is 16.4. The largest absolute Gasteiger partial charge is 0.467 e. The van der Waals surface area contributed by atoms with Crippen LogP contribution >= 0.6 is 0 Å². The summed E-state index contributed by atoms with van der Waals surface area (Å²) >= 11 is 0. The van der Waals surface area contributed by atoms with Gasteiger partial charge in [0.1, 0.15) is 11.5 Å². The summed E-state index contributed by atoms with van der Waals surface area (Å²) in [5, 5.41) is 13.0. The Kier molecular flexibility index (Phi) is 11.5. The highest BCUT2D eigenvalue weighted by Crippen LogP contribution is 2.34. The summed E-state index contributed by atoms with van der Waals surface area (Å²) in [5.74, 6) is 1.59. The van der Waals surface area contributed by atoms with E-state index in [1.807, 2.05) is 18.2 Å². The average molecular weight is 418 g/mol. The molecule has 2 rings (SSSR count). The third kappa shape index (κ3) is 9.29. The van der Waals surface area contributed by atoms with Crippen LogP contribution in [0.25, 0.3) is 0 Å². The summed E-state index contributed by atoms with van der Waals surface area (Å²) in [6, 6.07) is 3.66. The van der Waals surface area contributed by atoms with Crippen molar-refractivity contribution in [3.05, 3.63) is 36.3 Å². The molecule has 1 saturated carbocycles. The van der Waals surface area contributed by atoms with Crippen LogP contribution in [0, 0.1) is 11.8 Å². The van der Waals surface area contributed by atoms with Gasteiger partial charge in [0.05, 0.1) is 18.9 Å². The van der Waals surface area contributed by atoms with Gasteiger partial charge < -0.3 is 14.8 Å². The summed E-state index contributed by atoms with van der Waals surface area (Å²) < 4.78 is 5.20. The number of hydrogen-bond donors (Lipinski definition) is 2. The molecule has 168 valence electrons. The minimum absolute atomic E-state index is 0.0556. The molecule has 1 aromatic heterocycles. The molecule has 1 aromatic rings. The number of carbonyl (C=O) groups excluding carboxylic acids is 2. The lowest BCUT2D eigenvalue weighted by molar-refractivity contribution is -0.122. The smallest absolute Gasteiger partial charge is 0.220 e. The van der Waals surface area contributed by atoms with Crippen LogP contribution in [0.1, 0.15) is 89.7 Å². The molecular weight excluding hydrogens is 378 g/mol. The topological polar surface area (TPSA) is 79.5 Å². The molecule has 1 aliphatic rings. The van der Waals surface area contributed by atoms with Crippen molar-refractivity contribution >= 4 is 11.7 Å². The van der Waals surface area contributed by atoms with E-state index in [2.05, 4.69) is 18.3 Å². The molecule has 0 bridgehead atoms. The number of hydrogen-bond acceptors (Lipinski definition) is 4. The monoisotopic (exact) mass is 417 g/mol. The fourth-order valence-electron chi connectivity index (χ4n) is 4.20. The number of furan rings is 1. The normalized spacial score (nSPS) is 20.1. The van der Waals surface area contributed by atoms with Crippen molar-refractivity contribution in [3.8, 4) is 0 Å². The standard InChI is InChI=1S/C25H39NO4/c1-2-3-6-10-21(27)16-14-20-15-17-24(28)23(20)12-7-4-5-8-13-25(29)26-19-22-11-9-18-30-22/h9,11,14,16,18,20-21,23,27H,2-8,10,12-13,15,17,19H2,1H3,(H,26,29)/b16-14+/t20-,21-,23+/m0/s1. The van der Waals surface area contributed by atoms with Crippen molar-refractivity contribution in [1.82, 2.24) is 5.32 Å². The van der Waals surface area contributed by atoms with Crippen molar-refractivity contribution < 1.29 is 19.1 Å². The highest BCUT2D eigenvalue weighted by molar-refractivity contribution is 5.83. The molecule has 1 aliphatic carbocycles. The maximum Gasteiger partial charge on any atom is 0.220 e. The minimum Gasteiger partial charge on any atom is -0.467 e. The van der Waals surface area contributed by atoms with Crippen molar-refractivity contribution in [2.75, 3.05) is 0 Å². The molecule has 0 saturated heterocycles. The molecule has 5 nitrogen and oxygen atoms in total. The van der Waals surface area contributed by atoms with Gasteiger partial charge in [-0.3, -0.25) is 9.59 Å². The fraction of sp³-hybridized carbons (Fsp3) is 0.680. The van der Waals surface area contributed by atoms with Crippen LogP contribution in [0.4, 0.5) is 0 Å². The molecular formula is C25H39NO4. The summed E-state index contributed by atoms with van der Waals surface area (Å²) in [4.78, 5) is 24.1. The van der Waals surface area contributed by atoms with E-state index >= 15 is 0 Å². The molecule has 0 spiro atoms. The van der Waals surface area contributed by atoms with Gasteiger partial charge in [-0.15, -0.1) is 0 Å². The van der Waals surface area contributed by atoms with Crippen molar-refractivity contribution in [1.29, 1.82) is 0 Å². The number of amides is 1. The van der Waals surface area contributed by atoms with Crippen LogP contribution in [-0.4, -0.2) is 22.9 Å². The number of carbonyl (C=O) groups is 2. The van der Waals surface area contributed by atoms with Crippen LogP contribution in [0.3, 0.4) is 0 Å². The second kappa shape index (κ2) is 14.2. The van der Waals surface area contributed by atoms with Crippen LogP contribution < -0.4 is 5.32 Å². The minimum atomic E-state index is -0.383. The van der Waals surface area contributed by atoms with Gasteiger partial charge in [-0.25, -0.2) is 0 Å². The van der Waals surface area contributed by atoms with Gasteiger partial charge in [0.25, 0.3) is 0 Å². The predicted molar refractivity (Wildman–Crippen MR) is 119 cm³/mol. The Bertz CT molecular complexity index is 638. The third-order valence-electron chi connectivity index (χ3n) is 6.05. The van der Waals surface area contributed by atoms with E-state index in [0.717, 1.165) is 70.0 Å². The summed E-state index contributed by atoms with van der Waals surface area (Å²) in [5.41, 5.74) is 0. The van der Waals surface area contributed by atoms with Gasteiger partial charge in [-0.1, -0.05) is 57.6 Å². The number of aliphatic hydroxyl groups excluding tert-OH is 1. The second-order valence-electron chi connectivity index (χ2n) is 8.53. The lowest BCUT2D eigenvalue weighted by atomic mass is 9.89. The Morgan fingerprint density at radius 2 is 2.10 bits per heavy atom. The molecule has 30 heavy (non-hydrogen) atoms. The molecule has 1 fully saturated rings. The molecule has 0 radical (unpaired) electrons. The number of rotatable bonds is 15. The number of ketones is 1. The lowest BCUT2D eigenvalue weighted by Gasteiger charge is -2.15. The molecule has 1 amide bonds. The second-order valence-corrected chi connectivity index (χ2v) is 8.53. The van der Waals surface area contributed by atoms with Crippen LogP contribution in [0.15, 0.2) is 35.0 Å². The fourth-order valence-corrected chi connectivity index (χ4v) is 4.20. The SMILES string of the molecule is CCCCC[C@H](O)/C=C/[C@H]1CCC(=O)[C@@H]1CCCCCCC(=O)NCc1ccco1. The van der Waals surface area contributed by atoms with Crippen molar-refractivity contribution in [2.24, 2.45) is 11.8 Å². The van der Waals surface area contributed by atoms with Gasteiger partial charge >= 0.3 is 0 Å². The highest BCUT2D eigenvalue weighted by atomic mass is 16.3. The van der Waals surface area contributed by atoms with Gasteiger partial charge in [0.2, 0.25) is 5.91 Å². The molecule has 1 heterocycles. The summed E-state index contributed by atoms with van der Waals surface area (Å²) in [6.45, 7) is 2.60. The number of unbranched alkanes of at least 4 members (excludes halogenated alkanes) is 5. The zero-order valence-electron chi connectivity index (χ0n) is 18.5. The maximum atomic E-state index is 12.3. The van der Waals surface area contributed by atoms with Crippen LogP contribution in [0.2, 0.25) is 0 Å². The average Bonchev–Trinajstić information content (AvgIpc) is 3.38. The van der Waals surface area contributed by atoms with Gasteiger partial charge in [-0.2, -0.15) is 0 Å². The maximum absolute atomic E-state index is 12.3. The number of aliphatic hydroxyl groups is 1. The van der Waals surface area contributed by atoms with Gasteiger partial charge in [0.15, 0.2) is 0 Å². The number of allylic oxidation sites excluding steroid dienone is 1. The van der Waals surface area contributed by atoms with E-state index in [9.17, 15) is 14.7 Å². The third-order valence-corrected chi connectivity index (χ3v) is 6.05. The molecule has 0 aromatic carbocycles. The Morgan fingerprint density at radius 1 is 1.27 bits per heavy atom. The molecule has 0 aliphatic heterocycles. The first-order valence-electron chi connectivity index (χ1n) is 11.8. The van der Waals surface area contributed by atoms with Crippen molar-refractivity contribution in [3.63, 3.8) is 0 Å². The molecule has 2 N–H and O–H groups in total. The Balaban J connectivity index is 1.57. The molecule has 5 heteroatoms. The Labute approximate surface area is 181 Å². The van der Waals surface area contributed by atoms with E-state index in [0.29, 0.717) is 25.2 Å². The highest BCUT2D eigenvalue weighted by Gasteiger charge is 2.32. The lowest BCUT2D eigenvalue weighted by Crippen LogP contribution is -2.22. The van der Waals surface area contributed by atoms with E-state index < -0.39 is 0 Å². The summed E-state index contributed by atoms with van der Waals surface area (Å²) in [7, 11) is 0. The molecule has 0 unspecified atom stereocenters. The van der Waals surface area contributed by atoms with E-state index in [1.165, 1.54) is 0 Å². The van der Waals surface area contributed by atoms with Crippen molar-refractivity contribution in [2.45, 2.75) is 96.6 Å². The number of Topliss-reactive ketones (excluding diaryl/α,β-unsaturated/α-hetero) is 1. The zero-order chi connectivity index (χ0) is 21.6. The Hall–Kier alpha value is -1.88. The van der Waals surface area contributed by atoms with Gasteiger partial charge in [0, 0.05) is 18.8 Å². The number of nitrogens with one attached hydrogen (secondary N) is 1. The van der Waals surface area contributed by atoms with E-state index in [1.54, 1.807) is 6.26 Å². The van der Waals surface area contributed by atoms with E-state index in [-0.39, 0.29) is 23.8 Å². The first-order valence-corrected chi connectivity index (χ1v) is 11.8. The first-order chi connectivity index (χ1) is 14.6. The zero-order valence-corrected chi connectivity index (χ0v) is 18.5. The van der Waals surface area contributed by atoms with Crippen LogP contribution in [0.5, 0.6) is 0 Å². The van der Waals surface area contributed by atoms with Gasteiger partial charge in [-0.05, 0) is 43.7 Å². The Morgan fingerprint density at radius 3 is 2.87 bits per heavy atom. The molecule has 3 atom stereocenters. The van der Waals surface area contributed by atoms with E-state index in [4.69, 9.17) is 4.42 Å². The van der Waals surface area contributed by atoms with Crippen LogP contribution in [-0.2, 0) is 16.1 Å². The predicted octanol–water partition coefficient (Wildman–Crippen LogP) is 5.33. The quantitative estimate of drug-likeness (QED) is 0.299. The first kappa shape index (κ1) is 24.4.